The summed E-state index contributed by atoms with van der Waals surface area (Å²) in [6.45, 7) is 3.75. The highest BCUT2D eigenvalue weighted by Crippen LogP contribution is 2.09. The second kappa shape index (κ2) is 14.2. The third-order valence-electron chi connectivity index (χ3n) is 5.38. The smallest absolute Gasteiger partial charge is 0.326 e. The van der Waals surface area contributed by atoms with Crippen molar-refractivity contribution in [2.45, 2.75) is 57.3 Å². The molecule has 0 saturated heterocycles. The number of nitrogens with two attached hydrogens (primary N) is 1. The summed E-state index contributed by atoms with van der Waals surface area (Å²) in [6.07, 6.45) is 3.32. The van der Waals surface area contributed by atoms with Crippen molar-refractivity contribution in [3.63, 3.8) is 0 Å². The molecule has 36 heavy (non-hydrogen) atoms. The number of hydrogen-bond acceptors (Lipinski definition) is 7. The van der Waals surface area contributed by atoms with E-state index >= 15 is 0 Å². The van der Waals surface area contributed by atoms with Gasteiger partial charge in [0, 0.05) is 30.5 Å². The molecule has 0 aliphatic heterocycles. The van der Waals surface area contributed by atoms with Gasteiger partial charge in [-0.2, -0.15) is 12.6 Å². The predicted molar refractivity (Wildman–Crippen MR) is 137 cm³/mol. The fourth-order valence-electron chi connectivity index (χ4n) is 3.48. The van der Waals surface area contributed by atoms with Gasteiger partial charge in [-0.1, -0.05) is 44.2 Å². The first-order valence-corrected chi connectivity index (χ1v) is 12.3. The number of nitrogens with zero attached hydrogens (tertiary/aromatic N) is 1. The van der Waals surface area contributed by atoms with E-state index in [1.54, 1.807) is 0 Å². The summed E-state index contributed by atoms with van der Waals surface area (Å²) in [5.41, 5.74) is 7.10. The minimum absolute atomic E-state index is 0.00226. The zero-order valence-corrected chi connectivity index (χ0v) is 21.2. The van der Waals surface area contributed by atoms with E-state index in [4.69, 9.17) is 5.73 Å². The monoisotopic (exact) mass is 518 g/mol. The maximum absolute atomic E-state index is 13.3. The van der Waals surface area contributed by atoms with Crippen LogP contribution in [0, 0.1) is 5.92 Å². The highest BCUT2D eigenvalue weighted by molar-refractivity contribution is 7.80. The van der Waals surface area contributed by atoms with Crippen molar-refractivity contribution in [3.05, 3.63) is 54.1 Å². The number of amides is 3. The van der Waals surface area contributed by atoms with Crippen LogP contribution >= 0.6 is 12.6 Å². The number of rotatable bonds is 14. The van der Waals surface area contributed by atoms with E-state index in [-0.39, 0.29) is 30.9 Å². The molecular formula is C24H34N6O5S. The van der Waals surface area contributed by atoms with Gasteiger partial charge in [-0.25, -0.2) is 9.78 Å². The molecule has 7 N–H and O–H groups in total. The Kier molecular flexibility index (Phi) is 11.4. The van der Waals surface area contributed by atoms with Crippen LogP contribution in [0.3, 0.4) is 0 Å². The molecule has 0 radical (unpaired) electrons. The topological polar surface area (TPSA) is 179 Å². The van der Waals surface area contributed by atoms with Crippen molar-refractivity contribution >= 4 is 36.3 Å². The maximum Gasteiger partial charge on any atom is 0.326 e. The standard InChI is InChI=1S/C24H34N6O5S/c1-14(2)8-18(22(32)30-20(24(34)35)10-16-11-26-13-27-16)29-23(33)19(28-21(31)17(25)12-36)9-15-6-4-3-5-7-15/h3-7,11,13-14,17-20,36H,8-10,12,25H2,1-2H3,(H,26,27)(H,28,31)(H,29,33)(H,30,32)(H,34,35). The van der Waals surface area contributed by atoms with Crippen LogP contribution in [0.4, 0.5) is 0 Å². The van der Waals surface area contributed by atoms with Gasteiger partial charge in [-0.15, -0.1) is 0 Å². The van der Waals surface area contributed by atoms with Crippen molar-refractivity contribution in [2.24, 2.45) is 11.7 Å². The molecular weight excluding hydrogens is 484 g/mol. The van der Waals surface area contributed by atoms with Gasteiger partial charge >= 0.3 is 5.97 Å². The summed E-state index contributed by atoms with van der Waals surface area (Å²) >= 11 is 4.03. The van der Waals surface area contributed by atoms with E-state index in [0.29, 0.717) is 5.69 Å². The highest BCUT2D eigenvalue weighted by Gasteiger charge is 2.31. The van der Waals surface area contributed by atoms with Crippen LogP contribution in [0.2, 0.25) is 0 Å². The van der Waals surface area contributed by atoms with E-state index < -0.39 is 47.9 Å². The number of aromatic amines is 1. The highest BCUT2D eigenvalue weighted by atomic mass is 32.1. The Morgan fingerprint density at radius 2 is 1.58 bits per heavy atom. The number of carboxylic acid groups (broad SMARTS) is 1. The van der Waals surface area contributed by atoms with Gasteiger partial charge in [-0.05, 0) is 17.9 Å². The number of H-pyrrole nitrogens is 1. The maximum atomic E-state index is 13.3. The summed E-state index contributed by atoms with van der Waals surface area (Å²) in [5, 5.41) is 17.4. The molecule has 3 amide bonds. The van der Waals surface area contributed by atoms with E-state index in [0.717, 1.165) is 5.56 Å². The van der Waals surface area contributed by atoms with Crippen molar-refractivity contribution in [1.82, 2.24) is 25.9 Å². The van der Waals surface area contributed by atoms with E-state index in [2.05, 4.69) is 38.5 Å². The number of carboxylic acids is 1. The summed E-state index contributed by atoms with van der Waals surface area (Å²) < 4.78 is 0. The van der Waals surface area contributed by atoms with Gasteiger partial charge in [-0.3, -0.25) is 14.4 Å². The van der Waals surface area contributed by atoms with Gasteiger partial charge in [0.05, 0.1) is 12.4 Å². The molecule has 12 heteroatoms. The molecule has 0 aliphatic rings. The summed E-state index contributed by atoms with van der Waals surface area (Å²) in [5.74, 6) is -2.88. The first kappa shape index (κ1) is 28.9. The van der Waals surface area contributed by atoms with Crippen LogP contribution in [-0.2, 0) is 32.0 Å². The van der Waals surface area contributed by atoms with Crippen molar-refractivity contribution in [3.8, 4) is 0 Å². The molecule has 2 aromatic rings. The first-order chi connectivity index (χ1) is 17.1. The van der Waals surface area contributed by atoms with Crippen molar-refractivity contribution in [2.75, 3.05) is 5.75 Å². The second-order valence-corrected chi connectivity index (χ2v) is 9.28. The lowest BCUT2D eigenvalue weighted by molar-refractivity contribution is -0.142. The molecule has 196 valence electrons. The van der Waals surface area contributed by atoms with Crippen LogP contribution in [0.1, 0.15) is 31.5 Å². The molecule has 1 heterocycles. The number of imidazole rings is 1. The number of aromatic nitrogens is 2. The Labute approximate surface area is 215 Å². The van der Waals surface area contributed by atoms with Gasteiger partial charge in [0.2, 0.25) is 17.7 Å². The normalized spacial score (nSPS) is 14.4. The number of hydrogen-bond donors (Lipinski definition) is 7. The number of nitrogens with one attached hydrogen (secondary N) is 4. The number of carbonyl (C=O) groups excluding carboxylic acids is 3. The van der Waals surface area contributed by atoms with Crippen molar-refractivity contribution in [1.29, 1.82) is 0 Å². The average Bonchev–Trinajstić information content (AvgIpc) is 3.35. The Balaban J connectivity index is 2.19. The summed E-state index contributed by atoms with van der Waals surface area (Å²) in [7, 11) is 0. The number of benzene rings is 1. The van der Waals surface area contributed by atoms with Crippen LogP contribution in [0.5, 0.6) is 0 Å². The Bertz CT molecular complexity index is 1000. The average molecular weight is 519 g/mol. The molecule has 1 aromatic carbocycles. The van der Waals surface area contributed by atoms with Crippen LogP contribution in [-0.4, -0.2) is 68.7 Å². The molecule has 11 nitrogen and oxygen atoms in total. The molecule has 1 aromatic heterocycles. The van der Waals surface area contributed by atoms with E-state index in [1.807, 2.05) is 44.2 Å². The lowest BCUT2D eigenvalue weighted by Gasteiger charge is -2.26. The molecule has 0 fully saturated rings. The van der Waals surface area contributed by atoms with E-state index in [1.165, 1.54) is 12.5 Å². The number of thiol groups is 1. The largest absolute Gasteiger partial charge is 0.480 e. The number of aliphatic carboxylic acids is 1. The fourth-order valence-corrected chi connectivity index (χ4v) is 3.65. The minimum atomic E-state index is -1.22. The SMILES string of the molecule is CC(C)CC(NC(=O)C(Cc1ccccc1)NC(=O)C(N)CS)C(=O)NC(Cc1cnc[nH]1)C(=O)O. The second-order valence-electron chi connectivity index (χ2n) is 8.91. The number of carbonyl (C=O) groups is 4. The Morgan fingerprint density at radius 1 is 0.972 bits per heavy atom. The molecule has 0 saturated carbocycles. The molecule has 0 aliphatic carbocycles. The Hall–Kier alpha value is -3.38. The third-order valence-corrected chi connectivity index (χ3v) is 5.78. The third kappa shape index (κ3) is 9.34. The molecule has 0 spiro atoms. The molecule has 4 unspecified atom stereocenters. The summed E-state index contributed by atoms with van der Waals surface area (Å²) in [6, 6.07) is 4.93. The molecule has 0 bridgehead atoms. The zero-order chi connectivity index (χ0) is 26.7. The zero-order valence-electron chi connectivity index (χ0n) is 20.3. The molecule has 2 rings (SSSR count). The van der Waals surface area contributed by atoms with Gasteiger partial charge in [0.25, 0.3) is 0 Å². The van der Waals surface area contributed by atoms with Crippen molar-refractivity contribution < 1.29 is 24.3 Å². The van der Waals surface area contributed by atoms with Crippen LogP contribution in [0.25, 0.3) is 0 Å². The van der Waals surface area contributed by atoms with Gasteiger partial charge in [0.1, 0.15) is 18.1 Å². The first-order valence-electron chi connectivity index (χ1n) is 11.6. The van der Waals surface area contributed by atoms with Gasteiger partial charge < -0.3 is 31.8 Å². The quantitative estimate of drug-likeness (QED) is 0.172. The molecule has 4 atom stereocenters. The van der Waals surface area contributed by atoms with Gasteiger partial charge in [0.15, 0.2) is 0 Å². The Morgan fingerprint density at radius 3 is 2.14 bits per heavy atom. The minimum Gasteiger partial charge on any atom is -0.480 e. The van der Waals surface area contributed by atoms with Crippen LogP contribution in [0.15, 0.2) is 42.9 Å². The predicted octanol–water partition coefficient (Wildman–Crippen LogP) is 0.0371. The lowest BCUT2D eigenvalue weighted by Crippen LogP contribution is -2.58. The fraction of sp³-hybridized carbons (Fsp3) is 0.458. The summed E-state index contributed by atoms with van der Waals surface area (Å²) in [4.78, 5) is 57.2. The van der Waals surface area contributed by atoms with Crippen LogP contribution < -0.4 is 21.7 Å². The van der Waals surface area contributed by atoms with E-state index in [9.17, 15) is 24.3 Å². The lowest BCUT2D eigenvalue weighted by atomic mass is 10.0.